The normalized spacial score (nSPS) is 12.6. The van der Waals surface area contributed by atoms with E-state index in [9.17, 15) is 9.59 Å². The first-order valence-electron chi connectivity index (χ1n) is 6.25. The number of hydrogen-bond donors (Lipinski definition) is 3. The molecule has 0 fully saturated rings. The molecule has 0 saturated carbocycles. The molecule has 0 unspecified atom stereocenters. The molecule has 6 heteroatoms. The van der Waals surface area contributed by atoms with Gasteiger partial charge >= 0.3 is 11.9 Å². The van der Waals surface area contributed by atoms with Crippen LogP contribution in [0.5, 0.6) is 0 Å². The molecule has 1 rings (SSSR count). The van der Waals surface area contributed by atoms with Crippen molar-refractivity contribution in [3.05, 3.63) is 35.9 Å². The van der Waals surface area contributed by atoms with E-state index in [0.29, 0.717) is 18.6 Å². The maximum atomic E-state index is 10.6. The number of ether oxygens (including phenoxy) is 1. The topological polar surface area (TPSA) is 110 Å². The number of rotatable bonds is 5. The number of carbonyl (C=O) groups is 2. The molecule has 2 atom stereocenters. The molecule has 1 aromatic carbocycles. The van der Waals surface area contributed by atoms with Crippen LogP contribution >= 0.6 is 0 Å². The van der Waals surface area contributed by atoms with Crippen LogP contribution in [0.25, 0.3) is 0 Å². The Morgan fingerprint density at radius 2 is 1.85 bits per heavy atom. The first kappa shape index (κ1) is 18.1. The summed E-state index contributed by atoms with van der Waals surface area (Å²) in [6.45, 7) is 3.99. The summed E-state index contributed by atoms with van der Waals surface area (Å²) in [5.41, 5.74) is 5.73. The molecule has 0 saturated heterocycles. The van der Waals surface area contributed by atoms with E-state index in [1.54, 1.807) is 44.2 Å². The Morgan fingerprint density at radius 1 is 1.30 bits per heavy atom. The fourth-order valence-corrected chi connectivity index (χ4v) is 1.26. The molecule has 4 N–H and O–H groups in total. The van der Waals surface area contributed by atoms with Crippen molar-refractivity contribution in [3.63, 3.8) is 0 Å². The number of carboxylic acids is 1. The molecule has 0 aliphatic rings. The van der Waals surface area contributed by atoms with Crippen molar-refractivity contribution in [2.75, 3.05) is 6.61 Å². The van der Waals surface area contributed by atoms with Gasteiger partial charge in [0.2, 0.25) is 0 Å². The molecule has 0 bridgehead atoms. The summed E-state index contributed by atoms with van der Waals surface area (Å²) in [4.78, 5) is 20.8. The zero-order valence-corrected chi connectivity index (χ0v) is 11.7. The van der Waals surface area contributed by atoms with Gasteiger partial charge in [-0.25, -0.2) is 4.79 Å². The molecular weight excluding hydrogens is 262 g/mol. The van der Waals surface area contributed by atoms with Crippen LogP contribution < -0.4 is 5.73 Å². The van der Waals surface area contributed by atoms with E-state index in [2.05, 4.69) is 4.74 Å². The van der Waals surface area contributed by atoms with Gasteiger partial charge in [-0.1, -0.05) is 30.3 Å². The number of aliphatic hydroxyl groups excluding tert-OH is 1. The van der Waals surface area contributed by atoms with Gasteiger partial charge in [0.05, 0.1) is 13.0 Å². The molecule has 0 aliphatic heterocycles. The number of aliphatic hydroxyl groups is 1. The van der Waals surface area contributed by atoms with Crippen molar-refractivity contribution in [3.8, 4) is 0 Å². The van der Waals surface area contributed by atoms with Crippen LogP contribution in [0.15, 0.2) is 30.3 Å². The number of nitrogens with two attached hydrogens (primary N) is 1. The summed E-state index contributed by atoms with van der Waals surface area (Å²) in [6, 6.07) is 8.17. The average molecular weight is 283 g/mol. The van der Waals surface area contributed by atoms with Gasteiger partial charge < -0.3 is 20.7 Å². The van der Waals surface area contributed by atoms with E-state index in [1.807, 2.05) is 0 Å². The van der Waals surface area contributed by atoms with Crippen molar-refractivity contribution in [1.29, 1.82) is 0 Å². The summed E-state index contributed by atoms with van der Waals surface area (Å²) in [6.07, 6.45) is -1.09. The summed E-state index contributed by atoms with van der Waals surface area (Å²) < 4.78 is 4.63. The summed E-state index contributed by atoms with van der Waals surface area (Å²) >= 11 is 0. The zero-order valence-electron chi connectivity index (χ0n) is 11.7. The van der Waals surface area contributed by atoms with E-state index in [0.717, 1.165) is 0 Å². The number of carbonyl (C=O) groups excluding carboxylic acids is 1. The molecule has 0 heterocycles. The summed E-state index contributed by atoms with van der Waals surface area (Å²) in [5.74, 6) is -1.44. The van der Waals surface area contributed by atoms with Gasteiger partial charge in [-0.15, -0.1) is 0 Å². The van der Waals surface area contributed by atoms with Gasteiger partial charge in [-0.3, -0.25) is 4.79 Å². The number of benzene rings is 1. The largest absolute Gasteiger partial charge is 0.479 e. The lowest BCUT2D eigenvalue weighted by Gasteiger charge is -2.03. The highest BCUT2D eigenvalue weighted by molar-refractivity contribution is 5.73. The Kier molecular flexibility index (Phi) is 8.98. The van der Waals surface area contributed by atoms with Crippen LogP contribution in [0.4, 0.5) is 0 Å². The second-order valence-corrected chi connectivity index (χ2v) is 4.14. The molecular formula is C14H21NO5. The number of esters is 1. The molecule has 6 nitrogen and oxygen atoms in total. The van der Waals surface area contributed by atoms with Gasteiger partial charge in [0.15, 0.2) is 6.10 Å². The van der Waals surface area contributed by atoms with Crippen molar-refractivity contribution in [2.45, 2.75) is 32.4 Å². The Labute approximate surface area is 118 Å². The first-order chi connectivity index (χ1) is 9.38. The lowest BCUT2D eigenvalue weighted by molar-refractivity contribution is -0.147. The lowest BCUT2D eigenvalue weighted by atomic mass is 10.1. The van der Waals surface area contributed by atoms with E-state index in [-0.39, 0.29) is 12.0 Å². The highest BCUT2D eigenvalue weighted by Crippen LogP contribution is 2.10. The van der Waals surface area contributed by atoms with Gasteiger partial charge in [0, 0.05) is 6.04 Å². The highest BCUT2D eigenvalue weighted by Gasteiger charge is 2.14. The third-order valence-corrected chi connectivity index (χ3v) is 2.14. The third-order valence-electron chi connectivity index (χ3n) is 2.14. The molecule has 0 radical (unpaired) electrons. The second kappa shape index (κ2) is 9.94. The Balaban J connectivity index is 0.000000370. The van der Waals surface area contributed by atoms with Gasteiger partial charge in [-0.05, 0) is 19.4 Å². The Bertz CT molecular complexity index is 405. The van der Waals surface area contributed by atoms with E-state index < -0.39 is 12.1 Å². The van der Waals surface area contributed by atoms with Crippen LogP contribution in [-0.2, 0) is 14.3 Å². The lowest BCUT2D eigenvalue weighted by Crippen LogP contribution is -2.20. The van der Waals surface area contributed by atoms with Crippen molar-refractivity contribution in [2.24, 2.45) is 5.73 Å². The van der Waals surface area contributed by atoms with Gasteiger partial charge in [0.1, 0.15) is 0 Å². The quantitative estimate of drug-likeness (QED) is 0.698. The maximum absolute atomic E-state index is 10.6. The van der Waals surface area contributed by atoms with Crippen LogP contribution in [0.2, 0.25) is 0 Å². The van der Waals surface area contributed by atoms with Crippen molar-refractivity contribution in [1.82, 2.24) is 0 Å². The molecule has 0 aliphatic carbocycles. The van der Waals surface area contributed by atoms with Gasteiger partial charge in [-0.2, -0.15) is 0 Å². The number of hydrogen-bond acceptors (Lipinski definition) is 5. The van der Waals surface area contributed by atoms with Crippen LogP contribution in [-0.4, -0.2) is 34.8 Å². The number of aliphatic carboxylic acids is 1. The van der Waals surface area contributed by atoms with Crippen molar-refractivity contribution < 1.29 is 24.5 Å². The van der Waals surface area contributed by atoms with Crippen LogP contribution in [0, 0.1) is 0 Å². The minimum Gasteiger partial charge on any atom is -0.479 e. The first-order valence-corrected chi connectivity index (χ1v) is 6.25. The summed E-state index contributed by atoms with van der Waals surface area (Å²) in [7, 11) is 0. The summed E-state index contributed by atoms with van der Waals surface area (Å²) in [5, 5.41) is 17.4. The molecule has 0 spiro atoms. The Hall–Kier alpha value is -1.92. The Morgan fingerprint density at radius 3 is 2.25 bits per heavy atom. The monoisotopic (exact) mass is 283 g/mol. The second-order valence-electron chi connectivity index (χ2n) is 4.14. The average Bonchev–Trinajstić information content (AvgIpc) is 2.39. The minimum atomic E-state index is -1.41. The minimum absolute atomic E-state index is 0.0935. The molecule has 1 aromatic rings. The SMILES string of the molecule is CCOC(=O)C[C@@H](C)N.O=C(O)[C@H](O)c1ccccc1. The molecule has 0 aromatic heterocycles. The van der Waals surface area contributed by atoms with E-state index >= 15 is 0 Å². The maximum Gasteiger partial charge on any atom is 0.337 e. The van der Waals surface area contributed by atoms with Crippen molar-refractivity contribution >= 4 is 11.9 Å². The van der Waals surface area contributed by atoms with Gasteiger partial charge in [0.25, 0.3) is 0 Å². The predicted octanol–water partition coefficient (Wildman–Crippen LogP) is 1.09. The fraction of sp³-hybridized carbons (Fsp3) is 0.429. The molecule has 20 heavy (non-hydrogen) atoms. The van der Waals surface area contributed by atoms with E-state index in [4.69, 9.17) is 15.9 Å². The zero-order chi connectivity index (χ0) is 15.5. The third kappa shape index (κ3) is 8.23. The molecule has 0 amide bonds. The fourth-order valence-electron chi connectivity index (χ4n) is 1.26. The van der Waals surface area contributed by atoms with Crippen LogP contribution in [0.1, 0.15) is 31.9 Å². The van der Waals surface area contributed by atoms with E-state index in [1.165, 1.54) is 0 Å². The smallest absolute Gasteiger partial charge is 0.337 e. The highest BCUT2D eigenvalue weighted by atomic mass is 16.5. The van der Waals surface area contributed by atoms with Crippen LogP contribution in [0.3, 0.4) is 0 Å². The molecule has 112 valence electrons. The predicted molar refractivity (Wildman–Crippen MR) is 73.9 cm³/mol. The number of carboxylic acid groups (broad SMARTS) is 1. The standard InChI is InChI=1S/C8H8O3.C6H13NO2/c9-7(8(10)11)6-4-2-1-3-5-6;1-3-9-6(8)4-5(2)7/h1-5,7,9H,(H,10,11);5H,3-4,7H2,1-2H3/t7-;5-/m11/s1.